The van der Waals surface area contributed by atoms with Gasteiger partial charge in [0.05, 0.1) is 25.0 Å². The van der Waals surface area contributed by atoms with Gasteiger partial charge in [-0.3, -0.25) is 4.79 Å². The molecule has 1 saturated carbocycles. The maximum Gasteiger partial charge on any atom is 0.255 e. The summed E-state index contributed by atoms with van der Waals surface area (Å²) in [6.07, 6.45) is 3.54. The molecule has 2 aromatic carbocycles. The molecule has 0 spiro atoms. The molecule has 178 valence electrons. The molecule has 7 nitrogen and oxygen atoms in total. The minimum atomic E-state index is -3.42. The number of hydrogen-bond donors (Lipinski definition) is 1. The number of nitrogens with one attached hydrogen (secondary N) is 1. The van der Waals surface area contributed by atoms with Gasteiger partial charge in [0.2, 0.25) is 0 Å². The minimum Gasteiger partial charge on any atom is -0.493 e. The number of methoxy groups -OCH3 is 1. The highest BCUT2D eigenvalue weighted by molar-refractivity contribution is 7.90. The van der Waals surface area contributed by atoms with Crippen LogP contribution < -0.4 is 14.8 Å². The van der Waals surface area contributed by atoms with E-state index in [4.69, 9.17) is 9.47 Å². The predicted octanol–water partition coefficient (Wildman–Crippen LogP) is 3.26. The second kappa shape index (κ2) is 8.99. The van der Waals surface area contributed by atoms with Crippen LogP contribution in [0.3, 0.4) is 0 Å². The minimum absolute atomic E-state index is 0.141. The third-order valence-electron chi connectivity index (χ3n) is 6.41. The predicted molar refractivity (Wildman–Crippen MR) is 127 cm³/mol. The van der Waals surface area contributed by atoms with Gasteiger partial charge in [-0.25, -0.2) is 8.42 Å². The van der Waals surface area contributed by atoms with Gasteiger partial charge < -0.3 is 19.7 Å². The normalized spacial score (nSPS) is 17.6. The van der Waals surface area contributed by atoms with Gasteiger partial charge in [-0.05, 0) is 55.5 Å². The Labute approximate surface area is 196 Å². The molecule has 2 aromatic rings. The Morgan fingerprint density at radius 2 is 1.94 bits per heavy atom. The van der Waals surface area contributed by atoms with E-state index in [0.29, 0.717) is 48.4 Å². The smallest absolute Gasteiger partial charge is 0.255 e. The maximum absolute atomic E-state index is 13.8. The molecule has 0 bridgehead atoms. The van der Waals surface area contributed by atoms with Crippen LogP contribution in [0.4, 0.5) is 0 Å². The summed E-state index contributed by atoms with van der Waals surface area (Å²) in [5, 5.41) is 3.48. The Bertz CT molecular complexity index is 1160. The molecular formula is C25H32N2O5S. The van der Waals surface area contributed by atoms with Crippen LogP contribution in [-0.4, -0.2) is 51.0 Å². The average Bonchev–Trinajstić information content (AvgIpc) is 3.53. The Morgan fingerprint density at radius 3 is 2.58 bits per heavy atom. The topological polar surface area (TPSA) is 84.9 Å². The molecule has 1 heterocycles. The number of rotatable bonds is 10. The van der Waals surface area contributed by atoms with Crippen molar-refractivity contribution in [3.8, 4) is 11.5 Å². The van der Waals surface area contributed by atoms with Crippen LogP contribution in [0.5, 0.6) is 11.5 Å². The molecule has 8 heteroatoms. The molecule has 33 heavy (non-hydrogen) atoms. The van der Waals surface area contributed by atoms with Crippen LogP contribution in [0.1, 0.15) is 53.7 Å². The molecule has 0 saturated heterocycles. The molecule has 2 aliphatic rings. The van der Waals surface area contributed by atoms with Crippen molar-refractivity contribution in [2.75, 3.05) is 25.7 Å². The van der Waals surface area contributed by atoms with Crippen molar-refractivity contribution >= 4 is 15.7 Å². The Kier molecular flexibility index (Phi) is 6.42. The lowest BCUT2D eigenvalue weighted by molar-refractivity contribution is 0.0573. The zero-order chi connectivity index (χ0) is 23.8. The summed E-state index contributed by atoms with van der Waals surface area (Å²) in [5.41, 5.74) is 2.18. The van der Waals surface area contributed by atoms with E-state index in [1.807, 2.05) is 38.1 Å². The lowest BCUT2D eigenvalue weighted by atomic mass is 9.91. The van der Waals surface area contributed by atoms with Gasteiger partial charge in [0.1, 0.15) is 9.84 Å². The molecule has 0 aromatic heterocycles. The van der Waals surface area contributed by atoms with Gasteiger partial charge in [0, 0.05) is 31.0 Å². The van der Waals surface area contributed by atoms with Gasteiger partial charge in [-0.2, -0.15) is 0 Å². The van der Waals surface area contributed by atoms with Crippen LogP contribution in [0, 0.1) is 0 Å². The van der Waals surface area contributed by atoms with E-state index in [0.717, 1.165) is 11.1 Å². The zero-order valence-electron chi connectivity index (χ0n) is 19.7. The molecule has 1 N–H and O–H groups in total. The van der Waals surface area contributed by atoms with Crippen molar-refractivity contribution in [1.82, 2.24) is 10.2 Å². The van der Waals surface area contributed by atoms with Crippen molar-refractivity contribution in [1.29, 1.82) is 0 Å². The van der Waals surface area contributed by atoms with Crippen molar-refractivity contribution in [3.63, 3.8) is 0 Å². The largest absolute Gasteiger partial charge is 0.493 e. The number of amides is 1. The zero-order valence-corrected chi connectivity index (χ0v) is 20.5. The van der Waals surface area contributed by atoms with Gasteiger partial charge in [-0.15, -0.1) is 0 Å². The van der Waals surface area contributed by atoms with E-state index in [-0.39, 0.29) is 11.7 Å². The van der Waals surface area contributed by atoms with Crippen LogP contribution >= 0.6 is 0 Å². The quantitative estimate of drug-likeness (QED) is 0.571. The lowest BCUT2D eigenvalue weighted by Gasteiger charge is -2.39. The van der Waals surface area contributed by atoms with Crippen LogP contribution in [0.25, 0.3) is 0 Å². The summed E-state index contributed by atoms with van der Waals surface area (Å²) in [5.74, 6) is 0.744. The highest BCUT2D eigenvalue weighted by atomic mass is 32.2. The van der Waals surface area contributed by atoms with E-state index in [1.165, 1.54) is 19.1 Å². The van der Waals surface area contributed by atoms with E-state index < -0.39 is 15.4 Å². The van der Waals surface area contributed by atoms with Crippen molar-refractivity contribution in [2.24, 2.45) is 0 Å². The van der Waals surface area contributed by atoms with E-state index in [9.17, 15) is 13.2 Å². The third kappa shape index (κ3) is 4.87. The number of hydrogen-bond acceptors (Lipinski definition) is 6. The van der Waals surface area contributed by atoms with Crippen LogP contribution in [0.2, 0.25) is 0 Å². The Morgan fingerprint density at radius 1 is 1.18 bits per heavy atom. The van der Waals surface area contributed by atoms with Crippen LogP contribution in [-0.2, 0) is 28.5 Å². The number of fused-ring (bicyclic) bond motifs is 1. The molecule has 4 rings (SSSR count). The molecule has 1 aliphatic heterocycles. The molecule has 0 radical (unpaired) electrons. The molecule has 1 amide bonds. The van der Waals surface area contributed by atoms with E-state index >= 15 is 0 Å². The second-order valence-electron chi connectivity index (χ2n) is 9.14. The van der Waals surface area contributed by atoms with E-state index in [1.54, 1.807) is 24.1 Å². The SMILES string of the molecule is CCOc1cc([C@@](C)(CS(C)(=O)=O)N2Cc3cccc(CNC4CC4)c3C2=O)ccc1OC. The lowest BCUT2D eigenvalue weighted by Crippen LogP contribution is -2.48. The number of ether oxygens (including phenoxy) is 2. The number of sulfone groups is 1. The summed E-state index contributed by atoms with van der Waals surface area (Å²) in [4.78, 5) is 15.5. The molecular weight excluding hydrogens is 440 g/mol. The average molecular weight is 473 g/mol. The fourth-order valence-electron chi connectivity index (χ4n) is 4.63. The van der Waals surface area contributed by atoms with Crippen molar-refractivity contribution in [2.45, 2.75) is 51.4 Å². The summed E-state index contributed by atoms with van der Waals surface area (Å²) < 4.78 is 36.2. The number of carbonyl (C=O) groups is 1. The molecule has 1 aliphatic carbocycles. The van der Waals surface area contributed by atoms with E-state index in [2.05, 4.69) is 5.32 Å². The van der Waals surface area contributed by atoms with Gasteiger partial charge >= 0.3 is 0 Å². The van der Waals surface area contributed by atoms with Gasteiger partial charge in [0.15, 0.2) is 11.5 Å². The van der Waals surface area contributed by atoms with Crippen molar-refractivity contribution in [3.05, 3.63) is 58.7 Å². The third-order valence-corrected chi connectivity index (χ3v) is 7.49. The number of nitrogens with zero attached hydrogens (tertiary/aromatic N) is 1. The van der Waals surface area contributed by atoms with Crippen molar-refractivity contribution < 1.29 is 22.7 Å². The van der Waals surface area contributed by atoms with Crippen LogP contribution in [0.15, 0.2) is 36.4 Å². The second-order valence-corrected chi connectivity index (χ2v) is 11.3. The summed E-state index contributed by atoms with van der Waals surface area (Å²) in [6, 6.07) is 11.8. The fourth-order valence-corrected chi connectivity index (χ4v) is 5.98. The molecule has 0 unspecified atom stereocenters. The Balaban J connectivity index is 1.75. The summed E-state index contributed by atoms with van der Waals surface area (Å²) in [7, 11) is -1.86. The molecule has 1 fully saturated rings. The molecule has 1 atom stereocenters. The van der Waals surface area contributed by atoms with Gasteiger partial charge in [0.25, 0.3) is 5.91 Å². The number of carbonyl (C=O) groups excluding carboxylic acids is 1. The monoisotopic (exact) mass is 472 g/mol. The summed E-state index contributed by atoms with van der Waals surface area (Å²) >= 11 is 0. The first-order valence-corrected chi connectivity index (χ1v) is 13.4. The first-order valence-electron chi connectivity index (χ1n) is 11.3. The summed E-state index contributed by atoms with van der Waals surface area (Å²) in [6.45, 7) is 5.12. The first kappa shape index (κ1) is 23.6. The highest BCUT2D eigenvalue weighted by Gasteiger charge is 2.45. The van der Waals surface area contributed by atoms with Gasteiger partial charge in [-0.1, -0.05) is 24.3 Å². The maximum atomic E-state index is 13.8. The standard InChI is InChI=1S/C25H32N2O5S/c1-5-32-22-13-19(9-12-21(22)31-3)25(2,16-33(4,29)30)27-15-18-8-6-7-17(23(18)24(27)28)14-26-20-10-11-20/h6-9,12-13,20,26H,5,10-11,14-16H2,1-4H3/t25-/m1/s1. The highest BCUT2D eigenvalue weighted by Crippen LogP contribution is 2.41. The fraction of sp³-hybridized carbons (Fsp3) is 0.480. The number of benzene rings is 2. The Hall–Kier alpha value is -2.58. The first-order chi connectivity index (χ1) is 15.7.